The molecule has 1 aromatic rings. The number of piperidine rings is 1. The van der Waals surface area contributed by atoms with E-state index in [9.17, 15) is 4.79 Å². The molecule has 1 atom stereocenters. The predicted molar refractivity (Wildman–Crippen MR) is 82.1 cm³/mol. The summed E-state index contributed by atoms with van der Waals surface area (Å²) < 4.78 is 6.17. The van der Waals surface area contributed by atoms with Crippen LogP contribution >= 0.6 is 15.9 Å². The van der Waals surface area contributed by atoms with Gasteiger partial charge in [-0.2, -0.15) is 0 Å². The molecule has 2 saturated heterocycles. The Balaban J connectivity index is 1.81. The molecule has 0 radical (unpaired) electrons. The van der Waals surface area contributed by atoms with E-state index in [1.807, 2.05) is 4.90 Å². The van der Waals surface area contributed by atoms with Crippen LogP contribution in [0.3, 0.4) is 0 Å². The largest absolute Gasteiger partial charge is 0.378 e. The van der Waals surface area contributed by atoms with Crippen molar-refractivity contribution >= 4 is 27.7 Å². The summed E-state index contributed by atoms with van der Waals surface area (Å²) in [4.78, 5) is 25.2. The lowest BCUT2D eigenvalue weighted by Gasteiger charge is -2.39. The summed E-state index contributed by atoms with van der Waals surface area (Å²) in [5, 5.41) is 0. The number of anilines is 1. The van der Waals surface area contributed by atoms with Crippen LogP contribution in [-0.2, 0) is 9.53 Å². The Kier molecular flexibility index (Phi) is 4.70. The Morgan fingerprint density at radius 2 is 2.10 bits per heavy atom. The minimum atomic E-state index is -0.122. The Labute approximate surface area is 132 Å². The second-order valence-corrected chi connectivity index (χ2v) is 6.19. The third kappa shape index (κ3) is 3.18. The Hall–Kier alpha value is -1.21. The van der Waals surface area contributed by atoms with Crippen LogP contribution in [-0.4, -0.2) is 59.7 Å². The van der Waals surface area contributed by atoms with E-state index in [0.29, 0.717) is 26.3 Å². The van der Waals surface area contributed by atoms with Gasteiger partial charge >= 0.3 is 0 Å². The summed E-state index contributed by atoms with van der Waals surface area (Å²) in [6.07, 6.45) is 6.31. The fourth-order valence-electron chi connectivity index (χ4n) is 2.95. The zero-order chi connectivity index (χ0) is 14.7. The third-order valence-corrected chi connectivity index (χ3v) is 4.59. The standard InChI is InChI=1S/C14H19BrN4O2/c15-11-9-16-10-17-13(11)19-4-2-1-3-12(19)14(20)18-5-7-21-8-6-18/h9-10,12H,1-8H2/t12-/m1/s1. The zero-order valence-electron chi connectivity index (χ0n) is 11.9. The van der Waals surface area contributed by atoms with Gasteiger partial charge in [0.25, 0.3) is 0 Å². The van der Waals surface area contributed by atoms with Crippen LogP contribution in [0.15, 0.2) is 17.0 Å². The molecule has 1 amide bonds. The molecule has 2 aliphatic heterocycles. The molecule has 1 aromatic heterocycles. The fraction of sp³-hybridized carbons (Fsp3) is 0.643. The van der Waals surface area contributed by atoms with Gasteiger partial charge < -0.3 is 14.5 Å². The highest BCUT2D eigenvalue weighted by Gasteiger charge is 2.34. The second kappa shape index (κ2) is 6.70. The quantitative estimate of drug-likeness (QED) is 0.804. The average Bonchev–Trinajstić information content (AvgIpc) is 2.55. The highest BCUT2D eigenvalue weighted by Crippen LogP contribution is 2.29. The first-order chi connectivity index (χ1) is 10.3. The Bertz CT molecular complexity index is 508. The van der Waals surface area contributed by atoms with Crippen LogP contribution in [0.1, 0.15) is 19.3 Å². The van der Waals surface area contributed by atoms with Crippen molar-refractivity contribution in [2.24, 2.45) is 0 Å². The number of rotatable bonds is 2. The molecule has 0 spiro atoms. The number of nitrogens with zero attached hydrogens (tertiary/aromatic N) is 4. The third-order valence-electron chi connectivity index (χ3n) is 4.03. The lowest BCUT2D eigenvalue weighted by Crippen LogP contribution is -2.54. The Morgan fingerprint density at radius 1 is 1.29 bits per heavy atom. The lowest BCUT2D eigenvalue weighted by molar-refractivity contribution is -0.137. The molecule has 0 unspecified atom stereocenters. The van der Waals surface area contributed by atoms with Gasteiger partial charge in [-0.1, -0.05) is 0 Å². The first-order valence-electron chi connectivity index (χ1n) is 7.36. The topological polar surface area (TPSA) is 58.6 Å². The van der Waals surface area contributed by atoms with Gasteiger partial charge in [-0.3, -0.25) is 4.79 Å². The molecule has 0 bridgehead atoms. The van der Waals surface area contributed by atoms with E-state index >= 15 is 0 Å². The molecule has 21 heavy (non-hydrogen) atoms. The number of halogens is 1. The van der Waals surface area contributed by atoms with Gasteiger partial charge in [0, 0.05) is 25.8 Å². The number of amides is 1. The number of carbonyl (C=O) groups is 1. The first kappa shape index (κ1) is 14.7. The highest BCUT2D eigenvalue weighted by molar-refractivity contribution is 9.10. The van der Waals surface area contributed by atoms with Gasteiger partial charge in [0.1, 0.15) is 18.2 Å². The normalized spacial score (nSPS) is 23.2. The summed E-state index contributed by atoms with van der Waals surface area (Å²) in [6, 6.07) is -0.122. The molecule has 0 N–H and O–H groups in total. The molecule has 2 aliphatic rings. The number of ether oxygens (including phenoxy) is 1. The lowest BCUT2D eigenvalue weighted by atomic mass is 10.0. The van der Waals surface area contributed by atoms with Crippen LogP contribution in [0, 0.1) is 0 Å². The van der Waals surface area contributed by atoms with Crippen molar-refractivity contribution in [3.05, 3.63) is 17.0 Å². The maximum absolute atomic E-state index is 12.8. The van der Waals surface area contributed by atoms with E-state index in [1.54, 1.807) is 6.20 Å². The average molecular weight is 355 g/mol. The number of morpholine rings is 1. The van der Waals surface area contributed by atoms with E-state index in [4.69, 9.17) is 4.74 Å². The van der Waals surface area contributed by atoms with Crippen molar-refractivity contribution in [3.63, 3.8) is 0 Å². The van der Waals surface area contributed by atoms with Crippen molar-refractivity contribution in [1.82, 2.24) is 14.9 Å². The van der Waals surface area contributed by atoms with Crippen molar-refractivity contribution in [2.45, 2.75) is 25.3 Å². The number of hydrogen-bond acceptors (Lipinski definition) is 5. The van der Waals surface area contributed by atoms with Gasteiger partial charge in [0.15, 0.2) is 0 Å². The highest BCUT2D eigenvalue weighted by atomic mass is 79.9. The second-order valence-electron chi connectivity index (χ2n) is 5.34. The molecule has 6 nitrogen and oxygen atoms in total. The number of carbonyl (C=O) groups excluding carboxylic acids is 1. The summed E-state index contributed by atoms with van der Waals surface area (Å²) in [5.74, 6) is 1.01. The maximum Gasteiger partial charge on any atom is 0.245 e. The van der Waals surface area contributed by atoms with Crippen molar-refractivity contribution in [3.8, 4) is 0 Å². The van der Waals surface area contributed by atoms with Crippen LogP contribution in [0.5, 0.6) is 0 Å². The fourth-order valence-corrected chi connectivity index (χ4v) is 3.40. The summed E-state index contributed by atoms with van der Waals surface area (Å²) >= 11 is 3.49. The minimum Gasteiger partial charge on any atom is -0.378 e. The van der Waals surface area contributed by atoms with Crippen LogP contribution in [0.2, 0.25) is 0 Å². The van der Waals surface area contributed by atoms with Gasteiger partial charge in [0.05, 0.1) is 17.7 Å². The van der Waals surface area contributed by atoms with Gasteiger partial charge in [-0.05, 0) is 35.2 Å². The van der Waals surface area contributed by atoms with E-state index in [1.165, 1.54) is 6.33 Å². The summed E-state index contributed by atoms with van der Waals surface area (Å²) in [5.41, 5.74) is 0. The van der Waals surface area contributed by atoms with E-state index in [0.717, 1.165) is 36.1 Å². The molecule has 0 saturated carbocycles. The van der Waals surface area contributed by atoms with E-state index in [2.05, 4.69) is 30.8 Å². The Morgan fingerprint density at radius 3 is 2.86 bits per heavy atom. The van der Waals surface area contributed by atoms with Crippen LogP contribution < -0.4 is 4.90 Å². The smallest absolute Gasteiger partial charge is 0.245 e. The monoisotopic (exact) mass is 354 g/mol. The molecule has 2 fully saturated rings. The molecule has 0 aromatic carbocycles. The first-order valence-corrected chi connectivity index (χ1v) is 8.15. The van der Waals surface area contributed by atoms with Gasteiger partial charge in [0.2, 0.25) is 5.91 Å². The molecule has 114 valence electrons. The van der Waals surface area contributed by atoms with Gasteiger partial charge in [-0.15, -0.1) is 0 Å². The van der Waals surface area contributed by atoms with E-state index in [-0.39, 0.29) is 11.9 Å². The number of aromatic nitrogens is 2. The van der Waals surface area contributed by atoms with Crippen molar-refractivity contribution in [2.75, 3.05) is 37.7 Å². The van der Waals surface area contributed by atoms with Crippen LogP contribution in [0.4, 0.5) is 5.82 Å². The summed E-state index contributed by atoms with van der Waals surface area (Å²) in [6.45, 7) is 3.50. The predicted octanol–water partition coefficient (Wildman–Crippen LogP) is 1.46. The van der Waals surface area contributed by atoms with Gasteiger partial charge in [-0.25, -0.2) is 9.97 Å². The maximum atomic E-state index is 12.8. The number of hydrogen-bond donors (Lipinski definition) is 0. The van der Waals surface area contributed by atoms with Crippen LogP contribution in [0.25, 0.3) is 0 Å². The SMILES string of the molecule is O=C([C@H]1CCCCN1c1ncncc1Br)N1CCOCC1. The molecule has 0 aliphatic carbocycles. The van der Waals surface area contributed by atoms with E-state index < -0.39 is 0 Å². The van der Waals surface area contributed by atoms with Crippen molar-refractivity contribution in [1.29, 1.82) is 0 Å². The summed E-state index contributed by atoms with van der Waals surface area (Å²) in [7, 11) is 0. The minimum absolute atomic E-state index is 0.122. The molecule has 3 rings (SSSR count). The molecule has 7 heteroatoms. The van der Waals surface area contributed by atoms with Crippen molar-refractivity contribution < 1.29 is 9.53 Å². The molecular formula is C14H19BrN4O2. The zero-order valence-corrected chi connectivity index (χ0v) is 13.5. The molecular weight excluding hydrogens is 336 g/mol. The molecule has 3 heterocycles.